The minimum absolute atomic E-state index is 0.0105. The number of allylic oxidation sites excluding steroid dienone is 1. The Morgan fingerprint density at radius 3 is 2.56 bits per heavy atom. The van der Waals surface area contributed by atoms with Gasteiger partial charge in [0.15, 0.2) is 5.78 Å². The lowest BCUT2D eigenvalue weighted by Crippen LogP contribution is -2.22. The number of fused-ring (bicyclic) bond motifs is 5. The molecule has 122 valence electrons. The molecule has 2 bridgehead atoms. The van der Waals surface area contributed by atoms with Gasteiger partial charge in [0.1, 0.15) is 0 Å². The van der Waals surface area contributed by atoms with Gasteiger partial charge in [-0.1, -0.05) is 66.7 Å². The predicted molar refractivity (Wildman–Crippen MR) is 102 cm³/mol. The fourth-order valence-electron chi connectivity index (χ4n) is 4.31. The van der Waals surface area contributed by atoms with Gasteiger partial charge < -0.3 is 5.32 Å². The Balaban J connectivity index is 1.75. The molecule has 3 aromatic carbocycles. The molecule has 3 aromatic rings. The predicted octanol–water partition coefficient (Wildman–Crippen LogP) is 5.38. The van der Waals surface area contributed by atoms with E-state index in [4.69, 9.17) is 0 Å². The molecule has 2 aliphatic rings. The fraction of sp³-hybridized carbons (Fsp3) is 0.174. The molecule has 2 unspecified atom stereocenters. The maximum absolute atomic E-state index is 13.2. The molecule has 25 heavy (non-hydrogen) atoms. The summed E-state index contributed by atoms with van der Waals surface area (Å²) in [6.45, 7) is 0. The molecule has 2 atom stereocenters. The normalized spacial score (nSPS) is 21.9. The molecule has 0 saturated heterocycles. The molecule has 1 aliphatic carbocycles. The molecule has 0 saturated carbocycles. The minimum Gasteiger partial charge on any atom is -0.374 e. The van der Waals surface area contributed by atoms with Crippen LogP contribution in [0.5, 0.6) is 0 Å². The van der Waals surface area contributed by atoms with Crippen LogP contribution in [0.4, 0.5) is 5.69 Å². The largest absolute Gasteiger partial charge is 0.374 e. The zero-order chi connectivity index (χ0) is 16.8. The molecule has 2 heteroatoms. The van der Waals surface area contributed by atoms with Crippen LogP contribution < -0.4 is 5.32 Å². The number of carbonyl (C=O) groups excluding carboxylic acids is 1. The second kappa shape index (κ2) is 5.59. The molecule has 5 rings (SSSR count). The second-order valence-electron chi connectivity index (χ2n) is 6.89. The lowest BCUT2D eigenvalue weighted by Gasteiger charge is -2.24. The van der Waals surface area contributed by atoms with Crippen LogP contribution >= 0.6 is 0 Å². The maximum atomic E-state index is 13.2. The summed E-state index contributed by atoms with van der Waals surface area (Å²) in [5.41, 5.74) is 4.32. The van der Waals surface area contributed by atoms with Crippen LogP contribution in [0, 0.1) is 0 Å². The summed E-state index contributed by atoms with van der Waals surface area (Å²) in [6.07, 6.45) is 4.01. The standard InChI is InChI=1S/C23H19NO/c25-23-19-12-6-13-20(23)22(24-21-14-4-3-10-17(19)21)18-11-5-8-15-7-1-2-9-16(15)18/h1-5,7-11,13-14,19,22,24H,6,12H2. The van der Waals surface area contributed by atoms with E-state index >= 15 is 0 Å². The van der Waals surface area contributed by atoms with Crippen LogP contribution in [-0.4, -0.2) is 5.78 Å². The van der Waals surface area contributed by atoms with Gasteiger partial charge in [-0.2, -0.15) is 0 Å². The van der Waals surface area contributed by atoms with Gasteiger partial charge in [0, 0.05) is 17.2 Å². The van der Waals surface area contributed by atoms with Gasteiger partial charge in [-0.25, -0.2) is 0 Å². The van der Waals surface area contributed by atoms with Gasteiger partial charge in [0.25, 0.3) is 0 Å². The van der Waals surface area contributed by atoms with Crippen LogP contribution in [0.1, 0.15) is 35.9 Å². The molecule has 2 nitrogen and oxygen atoms in total. The first kappa shape index (κ1) is 14.5. The van der Waals surface area contributed by atoms with E-state index < -0.39 is 0 Å². The Bertz CT molecular complexity index is 1010. The van der Waals surface area contributed by atoms with E-state index in [1.165, 1.54) is 16.3 Å². The number of benzene rings is 3. The van der Waals surface area contributed by atoms with Crippen LogP contribution in [0.15, 0.2) is 78.4 Å². The van der Waals surface area contributed by atoms with Crippen molar-refractivity contribution in [3.8, 4) is 0 Å². The van der Waals surface area contributed by atoms with Crippen LogP contribution in [0.25, 0.3) is 10.8 Å². The van der Waals surface area contributed by atoms with Gasteiger partial charge in [-0.3, -0.25) is 4.79 Å². The van der Waals surface area contributed by atoms with E-state index in [0.29, 0.717) is 0 Å². The van der Waals surface area contributed by atoms with Crippen LogP contribution in [-0.2, 0) is 4.79 Å². The molecule has 0 radical (unpaired) electrons. The highest BCUT2D eigenvalue weighted by Gasteiger charge is 2.36. The molecular formula is C23H19NO. The first-order chi connectivity index (χ1) is 12.3. The van der Waals surface area contributed by atoms with Gasteiger partial charge in [-0.05, 0) is 40.8 Å². The van der Waals surface area contributed by atoms with Gasteiger partial charge in [-0.15, -0.1) is 0 Å². The van der Waals surface area contributed by atoms with E-state index in [1.54, 1.807) is 0 Å². The number of para-hydroxylation sites is 1. The molecule has 1 N–H and O–H groups in total. The van der Waals surface area contributed by atoms with Crippen LogP contribution in [0.3, 0.4) is 0 Å². The summed E-state index contributed by atoms with van der Waals surface area (Å²) < 4.78 is 0. The van der Waals surface area contributed by atoms with E-state index in [-0.39, 0.29) is 17.7 Å². The third-order valence-electron chi connectivity index (χ3n) is 5.50. The second-order valence-corrected chi connectivity index (χ2v) is 6.89. The minimum atomic E-state index is -0.0925. The number of anilines is 1. The number of hydrogen-bond donors (Lipinski definition) is 1. The molecule has 0 spiro atoms. The summed E-state index contributed by atoms with van der Waals surface area (Å²) in [4.78, 5) is 13.2. The number of hydrogen-bond acceptors (Lipinski definition) is 2. The SMILES string of the molecule is O=C1C2=CCCC1c1ccccc1NC2c1cccc2ccccc12. The van der Waals surface area contributed by atoms with Crippen molar-refractivity contribution in [1.82, 2.24) is 0 Å². The monoisotopic (exact) mass is 325 g/mol. The van der Waals surface area contributed by atoms with E-state index in [1.807, 2.05) is 12.1 Å². The molecule has 1 heterocycles. The highest BCUT2D eigenvalue weighted by molar-refractivity contribution is 6.05. The summed E-state index contributed by atoms with van der Waals surface area (Å²) in [5, 5.41) is 6.09. The Kier molecular flexibility index (Phi) is 3.24. The highest BCUT2D eigenvalue weighted by Crippen LogP contribution is 2.44. The first-order valence-electron chi connectivity index (χ1n) is 8.90. The van der Waals surface area contributed by atoms with Crippen molar-refractivity contribution < 1.29 is 4.79 Å². The molecule has 0 amide bonds. The summed E-state index contributed by atoms with van der Waals surface area (Å²) in [5.74, 6) is 0.269. The lowest BCUT2D eigenvalue weighted by molar-refractivity contribution is -0.117. The molecule has 0 fully saturated rings. The zero-order valence-electron chi connectivity index (χ0n) is 13.9. The Morgan fingerprint density at radius 2 is 1.60 bits per heavy atom. The van der Waals surface area contributed by atoms with Crippen molar-refractivity contribution in [2.45, 2.75) is 24.8 Å². The molecular weight excluding hydrogens is 306 g/mol. The van der Waals surface area contributed by atoms with E-state index in [0.717, 1.165) is 29.7 Å². The Morgan fingerprint density at radius 1 is 0.840 bits per heavy atom. The van der Waals surface area contributed by atoms with Crippen molar-refractivity contribution in [1.29, 1.82) is 0 Å². The fourth-order valence-corrected chi connectivity index (χ4v) is 4.31. The van der Waals surface area contributed by atoms with Crippen molar-refractivity contribution >= 4 is 22.2 Å². The molecule has 1 aliphatic heterocycles. The number of rotatable bonds is 1. The van der Waals surface area contributed by atoms with E-state index in [9.17, 15) is 4.79 Å². The number of ketones is 1. The van der Waals surface area contributed by atoms with Gasteiger partial charge in [0.05, 0.1) is 6.04 Å². The van der Waals surface area contributed by atoms with E-state index in [2.05, 4.69) is 66.0 Å². The van der Waals surface area contributed by atoms with Crippen molar-refractivity contribution in [2.24, 2.45) is 0 Å². The van der Waals surface area contributed by atoms with Gasteiger partial charge in [0.2, 0.25) is 0 Å². The third-order valence-corrected chi connectivity index (χ3v) is 5.50. The summed E-state index contributed by atoms with van der Waals surface area (Å²) in [6, 6.07) is 22.9. The molecule has 0 aromatic heterocycles. The lowest BCUT2D eigenvalue weighted by atomic mass is 9.80. The smallest absolute Gasteiger partial charge is 0.168 e. The Labute approximate surface area is 147 Å². The van der Waals surface area contributed by atoms with Crippen molar-refractivity contribution in [3.05, 3.63) is 89.5 Å². The zero-order valence-corrected chi connectivity index (χ0v) is 13.9. The quantitative estimate of drug-likeness (QED) is 0.651. The van der Waals surface area contributed by atoms with Crippen molar-refractivity contribution in [3.63, 3.8) is 0 Å². The topological polar surface area (TPSA) is 29.1 Å². The highest BCUT2D eigenvalue weighted by atomic mass is 16.1. The van der Waals surface area contributed by atoms with Crippen molar-refractivity contribution in [2.75, 3.05) is 5.32 Å². The number of carbonyl (C=O) groups is 1. The third kappa shape index (κ3) is 2.21. The average molecular weight is 325 g/mol. The average Bonchev–Trinajstić information content (AvgIpc) is 2.72. The first-order valence-corrected chi connectivity index (χ1v) is 8.90. The number of nitrogens with one attached hydrogen (secondary N) is 1. The summed E-state index contributed by atoms with van der Waals surface area (Å²) in [7, 11) is 0. The summed E-state index contributed by atoms with van der Waals surface area (Å²) >= 11 is 0. The maximum Gasteiger partial charge on any atom is 0.168 e. The number of Topliss-reactive ketones (excluding diaryl/α,β-unsaturated/α-hetero) is 1. The Hall–Kier alpha value is -2.87. The van der Waals surface area contributed by atoms with Gasteiger partial charge >= 0.3 is 0 Å². The van der Waals surface area contributed by atoms with Crippen LogP contribution in [0.2, 0.25) is 0 Å².